The van der Waals surface area contributed by atoms with Crippen LogP contribution in [0.2, 0.25) is 0 Å². The number of rotatable bonds is 5. The Morgan fingerprint density at radius 3 is 3.00 bits per heavy atom. The highest BCUT2D eigenvalue weighted by molar-refractivity contribution is 7.15. The molecule has 0 aliphatic heterocycles. The van der Waals surface area contributed by atoms with Gasteiger partial charge in [-0.25, -0.2) is 4.98 Å². The van der Waals surface area contributed by atoms with Crippen molar-refractivity contribution < 1.29 is 0 Å². The van der Waals surface area contributed by atoms with E-state index in [-0.39, 0.29) is 11.5 Å². The first-order valence-electron chi connectivity index (χ1n) is 6.64. The molecule has 2 aromatic rings. The summed E-state index contributed by atoms with van der Waals surface area (Å²) in [7, 11) is 0. The highest BCUT2D eigenvalue weighted by atomic mass is 32.1. The second kappa shape index (κ2) is 6.16. The SMILES string of the molecule is CCN(Cc1cc(=O)n2c(C)csc2n1)CC(C)C#N. The first-order valence-corrected chi connectivity index (χ1v) is 7.51. The Morgan fingerprint density at radius 1 is 1.60 bits per heavy atom. The predicted molar refractivity (Wildman–Crippen MR) is 79.8 cm³/mol. The van der Waals surface area contributed by atoms with Crippen LogP contribution < -0.4 is 5.56 Å². The maximum Gasteiger partial charge on any atom is 0.259 e. The minimum atomic E-state index is -0.0341. The summed E-state index contributed by atoms with van der Waals surface area (Å²) in [4.78, 5) is 19.5. The third-order valence-corrected chi connectivity index (χ3v) is 4.16. The van der Waals surface area contributed by atoms with E-state index in [2.05, 4.69) is 16.0 Å². The van der Waals surface area contributed by atoms with Crippen LogP contribution in [0.4, 0.5) is 0 Å². The van der Waals surface area contributed by atoms with Gasteiger partial charge in [0.1, 0.15) is 0 Å². The Bertz CT molecular complexity index is 697. The van der Waals surface area contributed by atoms with E-state index in [0.717, 1.165) is 22.9 Å². The molecule has 1 atom stereocenters. The molecule has 0 aromatic carbocycles. The molecule has 5 nitrogen and oxygen atoms in total. The first-order chi connectivity index (χ1) is 9.55. The van der Waals surface area contributed by atoms with Crippen LogP contribution in [0, 0.1) is 24.2 Å². The fourth-order valence-corrected chi connectivity index (χ4v) is 3.04. The maximum atomic E-state index is 12.1. The Labute approximate surface area is 122 Å². The number of aromatic nitrogens is 2. The van der Waals surface area contributed by atoms with Gasteiger partial charge < -0.3 is 0 Å². The van der Waals surface area contributed by atoms with Gasteiger partial charge in [0, 0.05) is 30.2 Å². The van der Waals surface area contributed by atoms with Crippen molar-refractivity contribution in [3.05, 3.63) is 33.2 Å². The van der Waals surface area contributed by atoms with Gasteiger partial charge in [-0.05, 0) is 20.4 Å². The lowest BCUT2D eigenvalue weighted by Crippen LogP contribution is -2.29. The van der Waals surface area contributed by atoms with E-state index >= 15 is 0 Å². The normalized spacial score (nSPS) is 12.8. The fourth-order valence-electron chi connectivity index (χ4n) is 2.14. The van der Waals surface area contributed by atoms with Crippen molar-refractivity contribution in [3.63, 3.8) is 0 Å². The second-order valence-electron chi connectivity index (χ2n) is 4.94. The third kappa shape index (κ3) is 3.06. The lowest BCUT2D eigenvalue weighted by Gasteiger charge is -2.20. The highest BCUT2D eigenvalue weighted by Gasteiger charge is 2.12. The zero-order chi connectivity index (χ0) is 14.7. The maximum absolute atomic E-state index is 12.1. The topological polar surface area (TPSA) is 61.4 Å². The van der Waals surface area contributed by atoms with Crippen molar-refractivity contribution in [2.75, 3.05) is 13.1 Å². The minimum Gasteiger partial charge on any atom is -0.296 e. The van der Waals surface area contributed by atoms with Crippen molar-refractivity contribution in [3.8, 4) is 6.07 Å². The molecule has 0 saturated carbocycles. The van der Waals surface area contributed by atoms with Crippen LogP contribution in [0.1, 0.15) is 25.2 Å². The van der Waals surface area contributed by atoms with Gasteiger partial charge in [0.15, 0.2) is 4.96 Å². The smallest absolute Gasteiger partial charge is 0.259 e. The summed E-state index contributed by atoms with van der Waals surface area (Å²) >= 11 is 1.48. The molecule has 0 N–H and O–H groups in total. The van der Waals surface area contributed by atoms with E-state index < -0.39 is 0 Å². The van der Waals surface area contributed by atoms with Gasteiger partial charge in [0.05, 0.1) is 17.7 Å². The summed E-state index contributed by atoms with van der Waals surface area (Å²) in [6, 6.07) is 3.82. The number of hydrogen-bond donors (Lipinski definition) is 0. The van der Waals surface area contributed by atoms with Crippen molar-refractivity contribution >= 4 is 16.3 Å². The van der Waals surface area contributed by atoms with Gasteiger partial charge in [-0.3, -0.25) is 14.1 Å². The summed E-state index contributed by atoms with van der Waals surface area (Å²) in [5.74, 6) is -0.0243. The molecule has 0 aliphatic rings. The fraction of sp³-hybridized carbons (Fsp3) is 0.500. The van der Waals surface area contributed by atoms with E-state index in [4.69, 9.17) is 5.26 Å². The molecule has 106 valence electrons. The molecule has 0 fully saturated rings. The summed E-state index contributed by atoms with van der Waals surface area (Å²) < 4.78 is 1.63. The van der Waals surface area contributed by atoms with Gasteiger partial charge in [-0.1, -0.05) is 6.92 Å². The summed E-state index contributed by atoms with van der Waals surface area (Å²) in [6.07, 6.45) is 0. The molecule has 0 saturated heterocycles. The van der Waals surface area contributed by atoms with Crippen molar-refractivity contribution in [1.29, 1.82) is 5.26 Å². The minimum absolute atomic E-state index is 0.0243. The zero-order valence-corrected chi connectivity index (χ0v) is 12.8. The monoisotopic (exact) mass is 290 g/mol. The Hall–Kier alpha value is -1.71. The highest BCUT2D eigenvalue weighted by Crippen LogP contribution is 2.12. The number of nitrogens with zero attached hydrogens (tertiary/aromatic N) is 4. The number of hydrogen-bond acceptors (Lipinski definition) is 5. The second-order valence-corrected chi connectivity index (χ2v) is 5.78. The van der Waals surface area contributed by atoms with Crippen LogP contribution in [0.3, 0.4) is 0 Å². The van der Waals surface area contributed by atoms with Gasteiger partial charge in [-0.2, -0.15) is 5.26 Å². The van der Waals surface area contributed by atoms with Crippen molar-refractivity contribution in [2.45, 2.75) is 27.3 Å². The van der Waals surface area contributed by atoms with Crippen LogP contribution >= 0.6 is 11.3 Å². The Morgan fingerprint density at radius 2 is 2.35 bits per heavy atom. The average Bonchev–Trinajstić information content (AvgIpc) is 2.79. The lowest BCUT2D eigenvalue weighted by atomic mass is 10.2. The Kier molecular flexibility index (Phi) is 4.53. The van der Waals surface area contributed by atoms with Gasteiger partial charge >= 0.3 is 0 Å². The number of fused-ring (bicyclic) bond motifs is 1. The molecular weight excluding hydrogens is 272 g/mol. The lowest BCUT2D eigenvalue weighted by molar-refractivity contribution is 0.257. The first kappa shape index (κ1) is 14.7. The van der Waals surface area contributed by atoms with E-state index in [0.29, 0.717) is 13.1 Å². The zero-order valence-electron chi connectivity index (χ0n) is 12.0. The number of aryl methyl sites for hydroxylation is 1. The number of nitriles is 1. The summed E-state index contributed by atoms with van der Waals surface area (Å²) in [6.45, 7) is 7.97. The van der Waals surface area contributed by atoms with E-state index in [1.807, 2.05) is 26.2 Å². The predicted octanol–water partition coefficient (Wildman–Crippen LogP) is 2.05. The molecule has 6 heteroatoms. The number of thiazole rings is 1. The van der Waals surface area contributed by atoms with E-state index in [9.17, 15) is 4.79 Å². The van der Waals surface area contributed by atoms with Crippen LogP contribution in [-0.2, 0) is 6.54 Å². The van der Waals surface area contributed by atoms with Crippen LogP contribution in [0.15, 0.2) is 16.2 Å². The molecule has 0 aliphatic carbocycles. The van der Waals surface area contributed by atoms with E-state index in [1.54, 1.807) is 10.5 Å². The standard InChI is InChI=1S/C14H18N4OS/c1-4-17(7-10(2)6-15)8-12-5-13(19)18-11(3)9-20-14(18)16-12/h5,9-10H,4,7-8H2,1-3H3. The van der Waals surface area contributed by atoms with Crippen LogP contribution in [-0.4, -0.2) is 27.4 Å². The molecular formula is C14H18N4OS. The Balaban J connectivity index is 2.25. The molecule has 1 unspecified atom stereocenters. The molecule has 0 bridgehead atoms. The molecule has 0 radical (unpaired) electrons. The summed E-state index contributed by atoms with van der Waals surface area (Å²) in [5, 5.41) is 10.8. The molecule has 0 spiro atoms. The van der Waals surface area contributed by atoms with Gasteiger partial charge in [0.25, 0.3) is 5.56 Å². The van der Waals surface area contributed by atoms with Gasteiger partial charge in [-0.15, -0.1) is 11.3 Å². The van der Waals surface area contributed by atoms with E-state index in [1.165, 1.54) is 11.3 Å². The molecule has 2 rings (SSSR count). The van der Waals surface area contributed by atoms with Crippen molar-refractivity contribution in [2.24, 2.45) is 5.92 Å². The molecule has 2 aromatic heterocycles. The third-order valence-electron chi connectivity index (χ3n) is 3.21. The quantitative estimate of drug-likeness (QED) is 0.845. The van der Waals surface area contributed by atoms with Crippen LogP contribution in [0.5, 0.6) is 0 Å². The van der Waals surface area contributed by atoms with Crippen molar-refractivity contribution in [1.82, 2.24) is 14.3 Å². The molecule has 2 heterocycles. The molecule has 20 heavy (non-hydrogen) atoms. The molecule has 0 amide bonds. The van der Waals surface area contributed by atoms with Crippen LogP contribution in [0.25, 0.3) is 4.96 Å². The largest absolute Gasteiger partial charge is 0.296 e. The summed E-state index contributed by atoms with van der Waals surface area (Å²) in [5.41, 5.74) is 1.65. The average molecular weight is 290 g/mol. The van der Waals surface area contributed by atoms with Gasteiger partial charge in [0.2, 0.25) is 0 Å².